The van der Waals surface area contributed by atoms with E-state index in [-0.39, 0.29) is 54.3 Å². The van der Waals surface area contributed by atoms with Crippen LogP contribution in [-0.4, -0.2) is 104 Å². The van der Waals surface area contributed by atoms with Gasteiger partial charge < -0.3 is 43.7 Å². The summed E-state index contributed by atoms with van der Waals surface area (Å²) < 4.78 is 26.8. The Balaban J connectivity index is 0.000000185. The summed E-state index contributed by atoms with van der Waals surface area (Å²) in [5, 5.41) is 18.4. The summed E-state index contributed by atoms with van der Waals surface area (Å²) >= 11 is 0. The number of hydrogen-bond acceptors (Lipinski definition) is 11. The molecule has 0 spiro atoms. The smallest absolute Gasteiger partial charge is 0.410 e. The Hall–Kier alpha value is -4.00. The van der Waals surface area contributed by atoms with Crippen molar-refractivity contribution in [1.82, 2.24) is 19.8 Å². The van der Waals surface area contributed by atoms with Gasteiger partial charge in [-0.15, -0.1) is 0 Å². The molecule has 272 valence electrons. The van der Waals surface area contributed by atoms with Gasteiger partial charge in [0.25, 0.3) is 0 Å². The van der Waals surface area contributed by atoms with E-state index in [0.717, 1.165) is 44.3 Å². The first-order valence-corrected chi connectivity index (χ1v) is 17.1. The number of nitrogens with zero attached hydrogens (tertiary/aromatic N) is 4. The van der Waals surface area contributed by atoms with Crippen LogP contribution in [0, 0.1) is 0 Å². The second-order valence-electron chi connectivity index (χ2n) is 15.0. The fourth-order valence-corrected chi connectivity index (χ4v) is 6.84. The van der Waals surface area contributed by atoms with Crippen molar-refractivity contribution in [2.24, 2.45) is 0 Å². The van der Waals surface area contributed by atoms with E-state index in [1.54, 1.807) is 25.4 Å². The number of aliphatic hydroxyl groups is 1. The minimum atomic E-state index is -0.460. The lowest BCUT2D eigenvalue weighted by molar-refractivity contribution is -0.0114. The van der Waals surface area contributed by atoms with E-state index in [1.165, 1.54) is 19.4 Å². The largest absolute Gasteiger partial charge is 0.506 e. The molecule has 2 N–H and O–H groups in total. The summed E-state index contributed by atoms with van der Waals surface area (Å²) in [7, 11) is 3.12. The first-order valence-electron chi connectivity index (χ1n) is 17.1. The Morgan fingerprint density at radius 1 is 0.694 bits per heavy atom. The third kappa shape index (κ3) is 11.0. The van der Waals surface area contributed by atoms with Crippen molar-refractivity contribution in [3.63, 3.8) is 0 Å². The van der Waals surface area contributed by atoms with E-state index in [2.05, 4.69) is 9.97 Å². The Morgan fingerprint density at radius 3 is 1.49 bits per heavy atom. The molecule has 49 heavy (non-hydrogen) atoms. The molecular weight excluding hydrogens is 632 g/mol. The van der Waals surface area contributed by atoms with Crippen LogP contribution < -0.4 is 14.2 Å². The number of ether oxygens (including phenoxy) is 5. The van der Waals surface area contributed by atoms with Crippen LogP contribution >= 0.6 is 0 Å². The quantitative estimate of drug-likeness (QED) is 0.383. The van der Waals surface area contributed by atoms with E-state index in [1.807, 2.05) is 57.4 Å². The Labute approximate surface area is 289 Å². The predicted molar refractivity (Wildman–Crippen MR) is 182 cm³/mol. The van der Waals surface area contributed by atoms with Gasteiger partial charge in [-0.25, -0.2) is 19.6 Å². The molecule has 0 radical (unpaired) electrons. The van der Waals surface area contributed by atoms with E-state index < -0.39 is 11.2 Å². The molecular formula is C36H54N4O9. The Kier molecular flexibility index (Phi) is 12.5. The molecule has 4 bridgehead atoms. The van der Waals surface area contributed by atoms with Gasteiger partial charge in [0.05, 0.1) is 32.7 Å². The highest BCUT2D eigenvalue weighted by atomic mass is 16.6. The summed E-state index contributed by atoms with van der Waals surface area (Å²) in [6, 6.07) is 7.55. The number of hydrogen-bond donors (Lipinski definition) is 2. The number of carbonyl (C=O) groups is 2. The topological polar surface area (TPSA) is 153 Å². The third-order valence-corrected chi connectivity index (χ3v) is 8.76. The van der Waals surface area contributed by atoms with Crippen LogP contribution in [0.4, 0.5) is 9.59 Å². The number of carbonyl (C=O) groups excluding carboxylic acids is 2. The molecule has 13 heteroatoms. The molecule has 2 unspecified atom stereocenters. The Bertz CT molecular complexity index is 1330. The van der Waals surface area contributed by atoms with E-state index >= 15 is 0 Å². The van der Waals surface area contributed by atoms with Gasteiger partial charge in [-0.05, 0) is 92.2 Å². The van der Waals surface area contributed by atoms with Gasteiger partial charge >= 0.3 is 12.2 Å². The second-order valence-corrected chi connectivity index (χ2v) is 15.0. The first kappa shape index (κ1) is 37.8. The Morgan fingerprint density at radius 2 is 1.12 bits per heavy atom. The molecule has 4 aliphatic rings. The van der Waals surface area contributed by atoms with Crippen LogP contribution in [0.5, 0.6) is 23.3 Å². The lowest BCUT2D eigenvalue weighted by Crippen LogP contribution is -2.50. The number of pyridine rings is 2. The van der Waals surface area contributed by atoms with Crippen LogP contribution in [0.15, 0.2) is 36.7 Å². The average molecular weight is 687 g/mol. The van der Waals surface area contributed by atoms with Crippen molar-refractivity contribution in [3.05, 3.63) is 36.7 Å². The van der Waals surface area contributed by atoms with E-state index in [4.69, 9.17) is 28.8 Å². The van der Waals surface area contributed by atoms with Gasteiger partial charge in [0.1, 0.15) is 28.8 Å². The average Bonchev–Trinajstić information content (AvgIpc) is 3.46. The number of fused-ring (bicyclic) bond motifs is 4. The van der Waals surface area contributed by atoms with Crippen molar-refractivity contribution in [3.8, 4) is 23.3 Å². The molecule has 0 aliphatic carbocycles. The SMILES string of the molecule is CC(C)(C)OC(=O)N1[C@@H]2CC[C@H]1CC(O)C2.COc1ccc(O)cn1.COc1ccc(OC2C[C@H]3CC[C@@H](C2)N3C(=O)OC(C)(C)C)cn1. The molecule has 6 atom stereocenters. The van der Waals surface area contributed by atoms with Crippen LogP contribution in [0.1, 0.15) is 92.9 Å². The van der Waals surface area contributed by atoms with Crippen molar-refractivity contribution >= 4 is 12.2 Å². The van der Waals surface area contributed by atoms with Gasteiger partial charge in [0.2, 0.25) is 11.8 Å². The molecule has 4 aliphatic heterocycles. The number of rotatable bonds is 4. The highest BCUT2D eigenvalue weighted by molar-refractivity contribution is 5.70. The maximum absolute atomic E-state index is 12.4. The van der Waals surface area contributed by atoms with E-state index in [0.29, 0.717) is 24.6 Å². The number of methoxy groups -OCH3 is 2. The second kappa shape index (κ2) is 16.1. The van der Waals surface area contributed by atoms with Gasteiger partial charge in [0, 0.05) is 49.1 Å². The monoisotopic (exact) mass is 686 g/mol. The molecule has 0 saturated carbocycles. The zero-order valence-electron chi connectivity index (χ0n) is 30.1. The number of aromatic hydroxyl groups is 1. The zero-order valence-corrected chi connectivity index (χ0v) is 30.1. The van der Waals surface area contributed by atoms with Crippen molar-refractivity contribution in [2.45, 2.75) is 140 Å². The third-order valence-electron chi connectivity index (χ3n) is 8.76. The summed E-state index contributed by atoms with van der Waals surface area (Å²) in [4.78, 5) is 36.1. The normalized spacial score (nSPS) is 25.6. The highest BCUT2D eigenvalue weighted by Crippen LogP contribution is 2.39. The van der Waals surface area contributed by atoms with Gasteiger partial charge in [-0.3, -0.25) is 0 Å². The maximum atomic E-state index is 12.4. The summed E-state index contributed by atoms with van der Waals surface area (Å²) in [5.74, 6) is 1.97. The van der Waals surface area contributed by atoms with E-state index in [9.17, 15) is 14.7 Å². The molecule has 6 rings (SSSR count). The van der Waals surface area contributed by atoms with Crippen LogP contribution in [0.3, 0.4) is 0 Å². The number of piperidine rings is 2. The first-order chi connectivity index (χ1) is 23.0. The molecule has 6 heterocycles. The molecule has 2 amide bonds. The maximum Gasteiger partial charge on any atom is 0.410 e. The minimum Gasteiger partial charge on any atom is -0.506 e. The molecule has 2 aromatic heterocycles. The molecule has 13 nitrogen and oxygen atoms in total. The molecule has 0 aromatic carbocycles. The van der Waals surface area contributed by atoms with Crippen molar-refractivity contribution < 1.29 is 43.5 Å². The number of aromatic nitrogens is 2. The van der Waals surface area contributed by atoms with Crippen molar-refractivity contribution in [1.29, 1.82) is 0 Å². The highest BCUT2D eigenvalue weighted by Gasteiger charge is 2.46. The number of amides is 2. The lowest BCUT2D eigenvalue weighted by Gasteiger charge is -2.39. The van der Waals surface area contributed by atoms with Crippen LogP contribution in [0.2, 0.25) is 0 Å². The fourth-order valence-electron chi connectivity index (χ4n) is 6.84. The van der Waals surface area contributed by atoms with Gasteiger partial charge in [0.15, 0.2) is 0 Å². The lowest BCUT2D eigenvalue weighted by atomic mass is 10.00. The van der Waals surface area contributed by atoms with Gasteiger partial charge in [-0.1, -0.05) is 0 Å². The van der Waals surface area contributed by atoms with Crippen LogP contribution in [-0.2, 0) is 9.47 Å². The standard InChI is InChI=1S/C18H26N2O4.C12H21NO3.C6H7NO2/c1-18(2,3)24-17(21)20-12-5-6-13(20)10-15(9-12)23-14-7-8-16(22-4)19-11-14;1-12(2,3)16-11(15)13-8-4-5-9(13)7-10(14)6-8;1-9-6-3-2-5(8)4-7-6/h7-8,11-13,15H,5-6,9-10H2,1-4H3;8-10,14H,4-7H2,1-3H3;2-4,8H,1H3/t12-,13+,15?;8-,9+,10?;. The molecule has 2 aromatic rings. The fraction of sp³-hybridized carbons (Fsp3) is 0.667. The summed E-state index contributed by atoms with van der Waals surface area (Å²) in [6.07, 6.45) is 9.59. The zero-order chi connectivity index (χ0) is 35.9. The molecule has 4 saturated heterocycles. The predicted octanol–water partition coefficient (Wildman–Crippen LogP) is 6.10. The number of aliphatic hydroxyl groups excluding tert-OH is 1. The minimum absolute atomic E-state index is 0.108. The van der Waals surface area contributed by atoms with Gasteiger partial charge in [-0.2, -0.15) is 0 Å². The van der Waals surface area contributed by atoms with Crippen molar-refractivity contribution in [2.75, 3.05) is 14.2 Å². The molecule has 4 fully saturated rings. The van der Waals surface area contributed by atoms with Crippen LogP contribution in [0.25, 0.3) is 0 Å². The summed E-state index contributed by atoms with van der Waals surface area (Å²) in [6.45, 7) is 11.3. The summed E-state index contributed by atoms with van der Waals surface area (Å²) in [5.41, 5.74) is -0.898.